The number of nitrogens with zero attached hydrogens (tertiary/aromatic N) is 1. The second kappa shape index (κ2) is 3.82. The first-order chi connectivity index (χ1) is 7.16. The number of aromatic nitrogens is 2. The molecule has 1 unspecified atom stereocenters. The molecule has 78 valence electrons. The summed E-state index contributed by atoms with van der Waals surface area (Å²) in [7, 11) is 0. The van der Waals surface area contributed by atoms with Gasteiger partial charge in [-0.3, -0.25) is 0 Å². The summed E-state index contributed by atoms with van der Waals surface area (Å²) in [5.41, 5.74) is 1.28. The van der Waals surface area contributed by atoms with Crippen molar-refractivity contribution in [3.8, 4) is 0 Å². The zero-order chi connectivity index (χ0) is 10.8. The number of aromatic amines is 1. The van der Waals surface area contributed by atoms with Crippen LogP contribution in [0.4, 0.5) is 4.39 Å². The lowest BCUT2D eigenvalue weighted by atomic mass is 10.1. The Balaban J connectivity index is 2.37. The summed E-state index contributed by atoms with van der Waals surface area (Å²) < 4.78 is 13.1. The lowest BCUT2D eigenvalue weighted by Crippen LogP contribution is -2.02. The van der Waals surface area contributed by atoms with Gasteiger partial charge in [-0.25, -0.2) is 9.37 Å². The predicted octanol–water partition coefficient (Wildman–Crippen LogP) is 1.94. The number of H-pyrrole nitrogens is 1. The number of aryl methyl sites for hydroxylation is 1. The molecule has 1 atom stereocenters. The number of nitrogens with one attached hydrogen (secondary N) is 1. The molecule has 0 aliphatic rings. The van der Waals surface area contributed by atoms with Crippen LogP contribution in [0.25, 0.3) is 0 Å². The molecule has 2 N–H and O–H groups in total. The molecule has 0 aliphatic heterocycles. The molecule has 0 aliphatic carbocycles. The zero-order valence-electron chi connectivity index (χ0n) is 8.24. The summed E-state index contributed by atoms with van der Waals surface area (Å²) in [5.74, 6) is 0.0654. The van der Waals surface area contributed by atoms with Gasteiger partial charge in [0.1, 0.15) is 17.7 Å². The van der Waals surface area contributed by atoms with Crippen molar-refractivity contribution < 1.29 is 9.50 Å². The van der Waals surface area contributed by atoms with Gasteiger partial charge in [0.15, 0.2) is 0 Å². The molecule has 2 aromatic rings. The number of benzene rings is 1. The van der Waals surface area contributed by atoms with Crippen LogP contribution < -0.4 is 0 Å². The Hall–Kier alpha value is -1.68. The minimum Gasteiger partial charge on any atom is -0.380 e. The zero-order valence-corrected chi connectivity index (χ0v) is 8.24. The van der Waals surface area contributed by atoms with Gasteiger partial charge in [0, 0.05) is 12.4 Å². The van der Waals surface area contributed by atoms with Crippen LogP contribution in [-0.2, 0) is 0 Å². The van der Waals surface area contributed by atoms with Gasteiger partial charge >= 0.3 is 0 Å². The van der Waals surface area contributed by atoms with Crippen molar-refractivity contribution in [1.29, 1.82) is 0 Å². The number of aliphatic hydroxyl groups is 1. The van der Waals surface area contributed by atoms with Crippen molar-refractivity contribution in [2.45, 2.75) is 13.0 Å². The third-order valence-electron chi connectivity index (χ3n) is 2.16. The molecule has 1 aromatic heterocycles. The summed E-state index contributed by atoms with van der Waals surface area (Å²) in [6.07, 6.45) is 2.25. The largest absolute Gasteiger partial charge is 0.380 e. The number of aliphatic hydroxyl groups excluding tert-OH is 1. The fourth-order valence-corrected chi connectivity index (χ4v) is 1.51. The molecule has 4 heteroatoms. The Morgan fingerprint density at radius 2 is 2.20 bits per heavy atom. The van der Waals surface area contributed by atoms with Crippen LogP contribution in [0.2, 0.25) is 0 Å². The van der Waals surface area contributed by atoms with Crippen molar-refractivity contribution in [1.82, 2.24) is 9.97 Å². The molecular formula is C11H11FN2O. The molecule has 0 saturated heterocycles. The van der Waals surface area contributed by atoms with E-state index in [0.717, 1.165) is 5.56 Å². The van der Waals surface area contributed by atoms with E-state index >= 15 is 0 Å². The van der Waals surface area contributed by atoms with Gasteiger partial charge in [0.25, 0.3) is 0 Å². The van der Waals surface area contributed by atoms with E-state index in [1.54, 1.807) is 25.4 Å². The van der Waals surface area contributed by atoms with Crippen LogP contribution in [0.3, 0.4) is 0 Å². The van der Waals surface area contributed by atoms with Gasteiger partial charge in [0.2, 0.25) is 0 Å². The summed E-state index contributed by atoms with van der Waals surface area (Å²) in [4.78, 5) is 6.71. The van der Waals surface area contributed by atoms with Crippen LogP contribution in [0.1, 0.15) is 23.1 Å². The number of hydrogen-bond acceptors (Lipinski definition) is 2. The van der Waals surface area contributed by atoms with Gasteiger partial charge in [-0.2, -0.15) is 0 Å². The van der Waals surface area contributed by atoms with Crippen LogP contribution in [0, 0.1) is 12.7 Å². The molecule has 1 aromatic carbocycles. The molecule has 0 saturated carbocycles. The van der Waals surface area contributed by atoms with Crippen molar-refractivity contribution in [2.24, 2.45) is 0 Å². The summed E-state index contributed by atoms with van der Waals surface area (Å²) in [6.45, 7) is 1.78. The predicted molar refractivity (Wildman–Crippen MR) is 53.8 cm³/mol. The van der Waals surface area contributed by atoms with Gasteiger partial charge in [-0.05, 0) is 30.2 Å². The normalized spacial score (nSPS) is 12.7. The van der Waals surface area contributed by atoms with E-state index in [2.05, 4.69) is 9.97 Å². The lowest BCUT2D eigenvalue weighted by Gasteiger charge is -2.09. The van der Waals surface area contributed by atoms with Gasteiger partial charge in [-0.15, -0.1) is 0 Å². The van der Waals surface area contributed by atoms with Crippen LogP contribution in [0.15, 0.2) is 30.6 Å². The lowest BCUT2D eigenvalue weighted by molar-refractivity contribution is 0.210. The molecule has 3 nitrogen and oxygen atoms in total. The molecule has 1 heterocycles. The molecular weight excluding hydrogens is 195 g/mol. The Bertz CT molecular complexity index is 433. The monoisotopic (exact) mass is 206 g/mol. The highest BCUT2D eigenvalue weighted by molar-refractivity contribution is 5.28. The minimum atomic E-state index is -0.908. The summed E-state index contributed by atoms with van der Waals surface area (Å²) in [5, 5.41) is 9.87. The summed E-state index contributed by atoms with van der Waals surface area (Å²) in [6, 6.07) is 4.45. The maximum Gasteiger partial charge on any atom is 0.139 e. The molecule has 0 amide bonds. The highest BCUT2D eigenvalue weighted by Gasteiger charge is 2.13. The van der Waals surface area contributed by atoms with Crippen molar-refractivity contribution in [3.05, 3.63) is 53.4 Å². The smallest absolute Gasteiger partial charge is 0.139 e. The van der Waals surface area contributed by atoms with E-state index in [0.29, 0.717) is 11.4 Å². The third kappa shape index (κ3) is 2.05. The van der Waals surface area contributed by atoms with Crippen LogP contribution in [0.5, 0.6) is 0 Å². The first-order valence-electron chi connectivity index (χ1n) is 4.61. The first-order valence-corrected chi connectivity index (χ1v) is 4.61. The Morgan fingerprint density at radius 1 is 1.40 bits per heavy atom. The fourth-order valence-electron chi connectivity index (χ4n) is 1.51. The molecule has 0 fully saturated rings. The maximum absolute atomic E-state index is 13.1. The number of imidazole rings is 1. The minimum absolute atomic E-state index is 0.351. The Kier molecular flexibility index (Phi) is 2.51. The first kappa shape index (κ1) is 9.86. The van der Waals surface area contributed by atoms with Gasteiger partial charge < -0.3 is 10.1 Å². The molecule has 15 heavy (non-hydrogen) atoms. The SMILES string of the molecule is Cc1cc(F)cc(C(O)c2ncc[nH]2)c1. The third-order valence-corrected chi connectivity index (χ3v) is 2.16. The van der Waals surface area contributed by atoms with E-state index in [9.17, 15) is 9.50 Å². The van der Waals surface area contributed by atoms with Crippen molar-refractivity contribution in [3.63, 3.8) is 0 Å². The molecule has 0 spiro atoms. The quantitative estimate of drug-likeness (QED) is 0.788. The second-order valence-electron chi connectivity index (χ2n) is 3.44. The fraction of sp³-hybridized carbons (Fsp3) is 0.182. The van der Waals surface area contributed by atoms with Gasteiger partial charge in [0.05, 0.1) is 0 Å². The average molecular weight is 206 g/mol. The van der Waals surface area contributed by atoms with E-state index < -0.39 is 6.10 Å². The second-order valence-corrected chi connectivity index (χ2v) is 3.44. The van der Waals surface area contributed by atoms with Crippen molar-refractivity contribution in [2.75, 3.05) is 0 Å². The van der Waals surface area contributed by atoms with E-state index in [-0.39, 0.29) is 5.82 Å². The van der Waals surface area contributed by atoms with Gasteiger partial charge in [-0.1, -0.05) is 6.07 Å². The molecule has 0 radical (unpaired) electrons. The highest BCUT2D eigenvalue weighted by Crippen LogP contribution is 2.20. The van der Waals surface area contributed by atoms with E-state index in [4.69, 9.17) is 0 Å². The Morgan fingerprint density at radius 3 is 2.80 bits per heavy atom. The average Bonchev–Trinajstić information content (AvgIpc) is 2.67. The number of rotatable bonds is 2. The maximum atomic E-state index is 13.1. The topological polar surface area (TPSA) is 48.9 Å². The van der Waals surface area contributed by atoms with Crippen molar-refractivity contribution >= 4 is 0 Å². The number of hydrogen-bond donors (Lipinski definition) is 2. The number of halogens is 1. The highest BCUT2D eigenvalue weighted by atomic mass is 19.1. The Labute approximate surface area is 86.6 Å². The van der Waals surface area contributed by atoms with E-state index in [1.165, 1.54) is 12.1 Å². The molecule has 0 bridgehead atoms. The molecule has 2 rings (SSSR count). The summed E-state index contributed by atoms with van der Waals surface area (Å²) >= 11 is 0. The van der Waals surface area contributed by atoms with Crippen LogP contribution >= 0.6 is 0 Å². The van der Waals surface area contributed by atoms with Crippen LogP contribution in [-0.4, -0.2) is 15.1 Å². The standard InChI is InChI=1S/C11H11FN2O/c1-7-4-8(6-9(12)5-7)10(15)11-13-2-3-14-11/h2-6,10,15H,1H3,(H,13,14). The van der Waals surface area contributed by atoms with E-state index in [1.807, 2.05) is 0 Å².